The fraction of sp³-hybridized carbons (Fsp3) is 0.448. The molecular weight excluding hydrogens is 462 g/mol. The molecule has 4 aromatic heterocycles. The van der Waals surface area contributed by atoms with Gasteiger partial charge in [0.15, 0.2) is 0 Å². The largest absolute Gasteiger partial charge is 0.379 e. The molecule has 192 valence electrons. The molecule has 0 atom stereocenters. The summed E-state index contributed by atoms with van der Waals surface area (Å²) in [6.45, 7) is 10.0. The Hall–Kier alpha value is -3.36. The van der Waals surface area contributed by atoms with Crippen LogP contribution in [-0.4, -0.2) is 74.7 Å². The van der Waals surface area contributed by atoms with Crippen LogP contribution in [0.3, 0.4) is 0 Å². The van der Waals surface area contributed by atoms with Crippen LogP contribution in [0.2, 0.25) is 0 Å². The first kappa shape index (κ1) is 24.0. The van der Waals surface area contributed by atoms with Crippen LogP contribution in [0.1, 0.15) is 46.9 Å². The molecule has 0 amide bonds. The topological polar surface area (TPSA) is 71.7 Å². The quantitative estimate of drug-likeness (QED) is 0.403. The summed E-state index contributed by atoms with van der Waals surface area (Å²) in [6.07, 6.45) is 9.56. The molecular formula is C29H35N7O. The molecule has 8 nitrogen and oxygen atoms in total. The van der Waals surface area contributed by atoms with Crippen molar-refractivity contribution < 1.29 is 4.74 Å². The molecule has 2 aliphatic rings. The Kier molecular flexibility index (Phi) is 6.85. The average Bonchev–Trinajstić information content (AvgIpc) is 3.37. The number of hydrogen-bond donors (Lipinski definition) is 0. The first-order valence-electron chi connectivity index (χ1n) is 13.4. The zero-order valence-electron chi connectivity index (χ0n) is 21.8. The number of aromatic nitrogens is 5. The molecule has 0 spiro atoms. The van der Waals surface area contributed by atoms with Gasteiger partial charge in [-0.2, -0.15) is 0 Å². The van der Waals surface area contributed by atoms with Gasteiger partial charge >= 0.3 is 0 Å². The predicted octanol–water partition coefficient (Wildman–Crippen LogP) is 3.62. The van der Waals surface area contributed by atoms with Crippen LogP contribution >= 0.6 is 0 Å². The second-order valence-corrected chi connectivity index (χ2v) is 10.4. The molecule has 37 heavy (non-hydrogen) atoms. The van der Waals surface area contributed by atoms with Crippen LogP contribution in [0.4, 0.5) is 5.82 Å². The SMILES string of the molecule is Cc1cc(C)nc(Cc2nc(Cc3ccn4ccnc4c3)cc(N3CCC(N4CCOCC4)CC3)n2)c1. The number of aryl methyl sites for hydroxylation is 2. The minimum absolute atomic E-state index is 0.632. The number of pyridine rings is 2. The Labute approximate surface area is 218 Å². The predicted molar refractivity (Wildman–Crippen MR) is 144 cm³/mol. The Balaban J connectivity index is 1.26. The highest BCUT2D eigenvalue weighted by molar-refractivity contribution is 5.45. The van der Waals surface area contributed by atoms with E-state index in [1.165, 1.54) is 11.1 Å². The molecule has 0 radical (unpaired) electrons. The highest BCUT2D eigenvalue weighted by Crippen LogP contribution is 2.24. The molecule has 0 saturated carbocycles. The van der Waals surface area contributed by atoms with Crippen molar-refractivity contribution in [3.63, 3.8) is 0 Å². The highest BCUT2D eigenvalue weighted by atomic mass is 16.5. The van der Waals surface area contributed by atoms with Gasteiger partial charge < -0.3 is 14.0 Å². The van der Waals surface area contributed by atoms with Gasteiger partial charge in [0.1, 0.15) is 17.3 Å². The first-order chi connectivity index (χ1) is 18.1. The van der Waals surface area contributed by atoms with Gasteiger partial charge in [-0.3, -0.25) is 9.88 Å². The molecule has 0 aromatic carbocycles. The lowest BCUT2D eigenvalue weighted by molar-refractivity contribution is 0.0114. The molecule has 0 aliphatic carbocycles. The molecule has 0 N–H and O–H groups in total. The van der Waals surface area contributed by atoms with Crippen LogP contribution in [0.25, 0.3) is 5.65 Å². The van der Waals surface area contributed by atoms with Gasteiger partial charge in [0.05, 0.1) is 25.3 Å². The maximum Gasteiger partial charge on any atom is 0.136 e. The van der Waals surface area contributed by atoms with Crippen molar-refractivity contribution in [2.75, 3.05) is 44.3 Å². The third kappa shape index (κ3) is 5.65. The van der Waals surface area contributed by atoms with E-state index in [9.17, 15) is 0 Å². The number of piperidine rings is 1. The van der Waals surface area contributed by atoms with E-state index in [1.807, 2.05) is 23.7 Å². The van der Waals surface area contributed by atoms with Crippen molar-refractivity contribution in [1.82, 2.24) is 29.2 Å². The number of rotatable bonds is 6. The highest BCUT2D eigenvalue weighted by Gasteiger charge is 2.27. The maximum absolute atomic E-state index is 5.56. The smallest absolute Gasteiger partial charge is 0.136 e. The second-order valence-electron chi connectivity index (χ2n) is 10.4. The van der Waals surface area contributed by atoms with E-state index >= 15 is 0 Å². The monoisotopic (exact) mass is 497 g/mol. The summed E-state index contributed by atoms with van der Waals surface area (Å²) in [5.74, 6) is 1.87. The second kappa shape index (κ2) is 10.6. The number of fused-ring (bicyclic) bond motifs is 1. The lowest BCUT2D eigenvalue weighted by Gasteiger charge is -2.40. The van der Waals surface area contributed by atoms with E-state index < -0.39 is 0 Å². The first-order valence-corrected chi connectivity index (χ1v) is 13.4. The van der Waals surface area contributed by atoms with Gasteiger partial charge in [-0.15, -0.1) is 0 Å². The Morgan fingerprint density at radius 2 is 1.68 bits per heavy atom. The number of anilines is 1. The van der Waals surface area contributed by atoms with Crippen molar-refractivity contribution in [2.45, 2.75) is 45.6 Å². The number of nitrogens with zero attached hydrogens (tertiary/aromatic N) is 7. The molecule has 0 bridgehead atoms. The maximum atomic E-state index is 5.56. The van der Waals surface area contributed by atoms with Crippen molar-refractivity contribution in [2.24, 2.45) is 0 Å². The minimum atomic E-state index is 0.632. The Morgan fingerprint density at radius 1 is 0.865 bits per heavy atom. The van der Waals surface area contributed by atoms with Crippen LogP contribution < -0.4 is 4.90 Å². The zero-order chi connectivity index (χ0) is 25.2. The van der Waals surface area contributed by atoms with Crippen LogP contribution in [0.15, 0.2) is 48.9 Å². The van der Waals surface area contributed by atoms with Gasteiger partial charge in [0, 0.05) is 74.7 Å². The normalized spacial score (nSPS) is 17.5. The number of hydrogen-bond acceptors (Lipinski definition) is 7. The summed E-state index contributed by atoms with van der Waals surface area (Å²) in [5, 5.41) is 0. The molecule has 2 fully saturated rings. The fourth-order valence-electron chi connectivity index (χ4n) is 5.72. The van der Waals surface area contributed by atoms with Gasteiger partial charge in [-0.05, 0) is 62.1 Å². The van der Waals surface area contributed by atoms with E-state index in [4.69, 9.17) is 19.7 Å². The van der Waals surface area contributed by atoms with Gasteiger partial charge in [-0.1, -0.05) is 0 Å². The Morgan fingerprint density at radius 3 is 2.49 bits per heavy atom. The van der Waals surface area contributed by atoms with Crippen LogP contribution in [0, 0.1) is 13.8 Å². The van der Waals surface area contributed by atoms with Crippen LogP contribution in [0.5, 0.6) is 0 Å². The van der Waals surface area contributed by atoms with E-state index in [2.05, 4.69) is 58.2 Å². The summed E-state index contributed by atoms with van der Waals surface area (Å²) >= 11 is 0. The third-order valence-corrected chi connectivity index (χ3v) is 7.50. The lowest BCUT2D eigenvalue weighted by atomic mass is 10.0. The zero-order valence-corrected chi connectivity index (χ0v) is 21.8. The summed E-state index contributed by atoms with van der Waals surface area (Å²) in [7, 11) is 0. The Bertz CT molecular complexity index is 1350. The van der Waals surface area contributed by atoms with Gasteiger partial charge in [0.2, 0.25) is 0 Å². The van der Waals surface area contributed by atoms with E-state index in [1.54, 1.807) is 0 Å². The third-order valence-electron chi connectivity index (χ3n) is 7.50. The molecule has 0 unspecified atom stereocenters. The van der Waals surface area contributed by atoms with Crippen molar-refractivity contribution in [1.29, 1.82) is 0 Å². The molecule has 6 rings (SSSR count). The minimum Gasteiger partial charge on any atom is -0.379 e. The van der Waals surface area contributed by atoms with E-state index in [0.717, 1.165) is 93.0 Å². The standard InChI is InChI=1S/C29H35N7O/c1-21-15-22(2)31-24(16-21)19-27-32-25(17-23-3-7-36-10-6-30-28(36)18-23)20-29(33-27)35-8-4-26(5-9-35)34-11-13-37-14-12-34/h3,6-7,10,15-16,18,20,26H,4-5,8-9,11-14,17,19H2,1-2H3. The molecule has 4 aromatic rings. The van der Waals surface area contributed by atoms with Gasteiger partial charge in [0.25, 0.3) is 0 Å². The molecule has 6 heterocycles. The summed E-state index contributed by atoms with van der Waals surface area (Å²) in [4.78, 5) is 24.3. The molecule has 8 heteroatoms. The van der Waals surface area contributed by atoms with E-state index in [0.29, 0.717) is 12.5 Å². The average molecular weight is 498 g/mol. The number of ether oxygens (including phenoxy) is 1. The summed E-state index contributed by atoms with van der Waals surface area (Å²) in [6, 6.07) is 11.4. The summed E-state index contributed by atoms with van der Waals surface area (Å²) in [5.41, 5.74) is 6.46. The van der Waals surface area contributed by atoms with Gasteiger partial charge in [-0.25, -0.2) is 15.0 Å². The van der Waals surface area contributed by atoms with E-state index in [-0.39, 0.29) is 0 Å². The van der Waals surface area contributed by atoms with Crippen molar-refractivity contribution >= 4 is 11.5 Å². The lowest BCUT2D eigenvalue weighted by Crippen LogP contribution is -2.49. The molecule has 2 aliphatic heterocycles. The summed E-state index contributed by atoms with van der Waals surface area (Å²) < 4.78 is 7.59. The van der Waals surface area contributed by atoms with Crippen molar-refractivity contribution in [3.8, 4) is 0 Å². The molecule has 2 saturated heterocycles. The number of morpholine rings is 1. The van der Waals surface area contributed by atoms with Crippen LogP contribution in [-0.2, 0) is 17.6 Å². The van der Waals surface area contributed by atoms with Crippen molar-refractivity contribution in [3.05, 3.63) is 83.0 Å². The number of imidazole rings is 1. The fourth-order valence-corrected chi connectivity index (χ4v) is 5.72.